The Bertz CT molecular complexity index is 251. The van der Waals surface area contributed by atoms with Gasteiger partial charge in [0.15, 0.2) is 0 Å². The molecule has 1 N–H and O–H groups in total. The minimum atomic E-state index is -0.604. The molecule has 2 bridgehead atoms. The van der Waals surface area contributed by atoms with E-state index in [2.05, 4.69) is 5.32 Å². The molecule has 0 aromatic heterocycles. The third-order valence-corrected chi connectivity index (χ3v) is 2.65. The lowest BCUT2D eigenvalue weighted by Crippen LogP contribution is -2.42. The number of nitrogens with one attached hydrogen (secondary N) is 1. The van der Waals surface area contributed by atoms with E-state index < -0.39 is 5.54 Å². The maximum Gasteiger partial charge on any atom is 0.325 e. The maximum atomic E-state index is 11.6. The Morgan fingerprint density at radius 3 is 2.92 bits per heavy atom. The van der Waals surface area contributed by atoms with E-state index in [1.165, 1.54) is 4.90 Å². The fourth-order valence-electron chi connectivity index (χ4n) is 1.87. The highest BCUT2D eigenvalue weighted by Crippen LogP contribution is 2.26. The van der Waals surface area contributed by atoms with Crippen molar-refractivity contribution in [3.8, 4) is 0 Å². The molecular formula is C8H12N2O2. The first-order valence-corrected chi connectivity index (χ1v) is 4.28. The van der Waals surface area contributed by atoms with Gasteiger partial charge in [0.25, 0.3) is 5.91 Å². The summed E-state index contributed by atoms with van der Waals surface area (Å²) in [5.74, 6) is -0.0509. The molecule has 4 heteroatoms. The highest BCUT2D eigenvalue weighted by Gasteiger charge is 2.48. The predicted molar refractivity (Wildman–Crippen MR) is 42.5 cm³/mol. The number of nitrogens with zero attached hydrogens (tertiary/aromatic N) is 1. The molecule has 0 unspecified atom stereocenters. The van der Waals surface area contributed by atoms with Crippen molar-refractivity contribution in [3.05, 3.63) is 0 Å². The smallest absolute Gasteiger partial charge is 0.323 e. The average Bonchev–Trinajstić information content (AvgIpc) is 2.16. The van der Waals surface area contributed by atoms with E-state index in [1.807, 2.05) is 0 Å². The van der Waals surface area contributed by atoms with E-state index in [1.54, 1.807) is 6.92 Å². The van der Waals surface area contributed by atoms with Crippen LogP contribution >= 0.6 is 0 Å². The summed E-state index contributed by atoms with van der Waals surface area (Å²) < 4.78 is 0. The van der Waals surface area contributed by atoms with Crippen LogP contribution in [0, 0.1) is 0 Å². The SMILES string of the molecule is C[C@]12CCCCN(C(=O)N1)C2=O. The zero-order chi connectivity index (χ0) is 8.77. The van der Waals surface area contributed by atoms with Crippen LogP contribution in [0.5, 0.6) is 0 Å². The number of fused-ring (bicyclic) bond motifs is 2. The molecule has 4 nitrogen and oxygen atoms in total. The summed E-state index contributed by atoms with van der Waals surface area (Å²) in [7, 11) is 0. The number of rotatable bonds is 0. The van der Waals surface area contributed by atoms with Crippen molar-refractivity contribution in [1.29, 1.82) is 0 Å². The average molecular weight is 168 g/mol. The lowest BCUT2D eigenvalue weighted by molar-refractivity contribution is -0.130. The molecule has 0 saturated carbocycles. The van der Waals surface area contributed by atoms with Crippen molar-refractivity contribution in [3.63, 3.8) is 0 Å². The van der Waals surface area contributed by atoms with Crippen molar-refractivity contribution < 1.29 is 9.59 Å². The second kappa shape index (κ2) is 2.21. The fourth-order valence-corrected chi connectivity index (χ4v) is 1.87. The quantitative estimate of drug-likeness (QED) is 0.535. The monoisotopic (exact) mass is 168 g/mol. The Labute approximate surface area is 70.9 Å². The van der Waals surface area contributed by atoms with Crippen molar-refractivity contribution >= 4 is 11.9 Å². The van der Waals surface area contributed by atoms with Crippen LogP contribution in [0.4, 0.5) is 4.79 Å². The highest BCUT2D eigenvalue weighted by atomic mass is 16.2. The Hall–Kier alpha value is -1.06. The van der Waals surface area contributed by atoms with Crippen molar-refractivity contribution in [2.45, 2.75) is 31.7 Å². The maximum absolute atomic E-state index is 11.6. The van der Waals surface area contributed by atoms with E-state index in [0.717, 1.165) is 19.3 Å². The normalized spacial score (nSPS) is 34.9. The van der Waals surface area contributed by atoms with E-state index in [0.29, 0.717) is 6.54 Å². The molecule has 2 heterocycles. The van der Waals surface area contributed by atoms with Crippen LogP contribution in [0.2, 0.25) is 0 Å². The summed E-state index contributed by atoms with van der Waals surface area (Å²) in [5, 5.41) is 2.72. The highest BCUT2D eigenvalue weighted by molar-refractivity contribution is 6.06. The number of carbonyl (C=O) groups is 2. The van der Waals surface area contributed by atoms with Gasteiger partial charge in [-0.25, -0.2) is 4.79 Å². The largest absolute Gasteiger partial charge is 0.325 e. The molecule has 66 valence electrons. The summed E-state index contributed by atoms with van der Waals surface area (Å²) in [6.45, 7) is 2.39. The van der Waals surface area contributed by atoms with Gasteiger partial charge >= 0.3 is 6.03 Å². The van der Waals surface area contributed by atoms with Crippen LogP contribution in [-0.2, 0) is 4.79 Å². The molecule has 3 amide bonds. The molecule has 0 aromatic rings. The van der Waals surface area contributed by atoms with Crippen LogP contribution in [0.15, 0.2) is 0 Å². The van der Waals surface area contributed by atoms with Crippen molar-refractivity contribution in [1.82, 2.24) is 10.2 Å². The number of hydrogen-bond acceptors (Lipinski definition) is 2. The third kappa shape index (κ3) is 0.838. The number of urea groups is 1. The molecule has 2 fully saturated rings. The Balaban J connectivity index is 2.35. The van der Waals surface area contributed by atoms with Crippen LogP contribution in [0.3, 0.4) is 0 Å². The van der Waals surface area contributed by atoms with Crippen molar-refractivity contribution in [2.24, 2.45) is 0 Å². The van der Waals surface area contributed by atoms with Gasteiger partial charge in [-0.15, -0.1) is 0 Å². The van der Waals surface area contributed by atoms with E-state index in [4.69, 9.17) is 0 Å². The third-order valence-electron chi connectivity index (χ3n) is 2.65. The van der Waals surface area contributed by atoms with Gasteiger partial charge in [0, 0.05) is 6.54 Å². The Kier molecular flexibility index (Phi) is 1.40. The molecule has 2 aliphatic rings. The fraction of sp³-hybridized carbons (Fsp3) is 0.750. The molecule has 2 saturated heterocycles. The van der Waals surface area contributed by atoms with E-state index in [9.17, 15) is 9.59 Å². The second-order valence-corrected chi connectivity index (χ2v) is 3.68. The van der Waals surface area contributed by atoms with Gasteiger partial charge in [0.1, 0.15) is 5.54 Å². The van der Waals surface area contributed by atoms with Crippen LogP contribution in [0.25, 0.3) is 0 Å². The molecule has 0 radical (unpaired) electrons. The minimum absolute atomic E-state index is 0.0509. The number of imide groups is 1. The molecule has 2 aliphatic heterocycles. The zero-order valence-electron chi connectivity index (χ0n) is 7.09. The standard InChI is InChI=1S/C8H12N2O2/c1-8-4-2-3-5-10(6(8)11)7(12)9-8/h2-5H2,1H3,(H,9,12)/t8-/m1/s1. The van der Waals surface area contributed by atoms with Crippen LogP contribution in [-0.4, -0.2) is 28.9 Å². The predicted octanol–water partition coefficient (Wildman–Crippen LogP) is 0.481. The molecule has 0 aliphatic carbocycles. The molecule has 2 rings (SSSR count). The van der Waals surface area contributed by atoms with Crippen LogP contribution < -0.4 is 5.32 Å². The lowest BCUT2D eigenvalue weighted by Gasteiger charge is -2.18. The molecule has 12 heavy (non-hydrogen) atoms. The van der Waals surface area contributed by atoms with E-state index in [-0.39, 0.29) is 11.9 Å². The van der Waals surface area contributed by atoms with Gasteiger partial charge in [-0.2, -0.15) is 0 Å². The first-order valence-electron chi connectivity index (χ1n) is 4.28. The van der Waals surface area contributed by atoms with Gasteiger partial charge < -0.3 is 5.32 Å². The van der Waals surface area contributed by atoms with Gasteiger partial charge in [0.05, 0.1) is 0 Å². The van der Waals surface area contributed by atoms with Gasteiger partial charge in [0.2, 0.25) is 0 Å². The Morgan fingerprint density at radius 2 is 2.17 bits per heavy atom. The van der Waals surface area contributed by atoms with Gasteiger partial charge in [-0.1, -0.05) is 0 Å². The lowest BCUT2D eigenvalue weighted by atomic mass is 9.97. The summed E-state index contributed by atoms with van der Waals surface area (Å²) in [6, 6.07) is -0.220. The second-order valence-electron chi connectivity index (χ2n) is 3.68. The van der Waals surface area contributed by atoms with Crippen molar-refractivity contribution in [2.75, 3.05) is 6.54 Å². The number of hydrogen-bond donors (Lipinski definition) is 1. The Morgan fingerprint density at radius 1 is 1.42 bits per heavy atom. The summed E-state index contributed by atoms with van der Waals surface area (Å²) in [5.41, 5.74) is -0.604. The summed E-state index contributed by atoms with van der Waals surface area (Å²) >= 11 is 0. The summed E-state index contributed by atoms with van der Waals surface area (Å²) in [6.07, 6.45) is 2.72. The minimum Gasteiger partial charge on any atom is -0.323 e. The topological polar surface area (TPSA) is 49.4 Å². The zero-order valence-corrected chi connectivity index (χ0v) is 7.09. The molecule has 1 atom stereocenters. The number of amides is 3. The van der Waals surface area contributed by atoms with Gasteiger partial charge in [-0.05, 0) is 26.2 Å². The molecule has 0 aromatic carbocycles. The molecular weight excluding hydrogens is 156 g/mol. The first-order chi connectivity index (χ1) is 5.63. The van der Waals surface area contributed by atoms with Gasteiger partial charge in [-0.3, -0.25) is 9.69 Å². The van der Waals surface area contributed by atoms with E-state index >= 15 is 0 Å². The molecule has 0 spiro atoms. The van der Waals surface area contributed by atoms with Crippen LogP contribution in [0.1, 0.15) is 26.2 Å². The number of carbonyl (C=O) groups excluding carboxylic acids is 2. The summed E-state index contributed by atoms with van der Waals surface area (Å²) in [4.78, 5) is 24.1. The first kappa shape index (κ1) is 7.58.